The highest BCUT2D eigenvalue weighted by molar-refractivity contribution is 6.09. The molecule has 1 aromatic carbocycles. The highest BCUT2D eigenvalue weighted by Gasteiger charge is 2.62. The first-order chi connectivity index (χ1) is 14.7. The van der Waals surface area contributed by atoms with Crippen molar-refractivity contribution in [3.8, 4) is 0 Å². The minimum absolute atomic E-state index is 0.0440. The number of carbonyl (C=O) groups excluding carboxylic acids is 4. The average molecular weight is 428 g/mol. The van der Waals surface area contributed by atoms with Gasteiger partial charge in [0, 0.05) is 17.7 Å². The van der Waals surface area contributed by atoms with E-state index in [-0.39, 0.29) is 52.7 Å². The van der Waals surface area contributed by atoms with E-state index in [4.69, 9.17) is 4.74 Å². The Bertz CT molecular complexity index is 944. The van der Waals surface area contributed by atoms with Gasteiger partial charge in [-0.05, 0) is 37.0 Å². The van der Waals surface area contributed by atoms with Crippen LogP contribution < -0.4 is 0 Å². The molecule has 2 aliphatic carbocycles. The zero-order valence-corrected chi connectivity index (χ0v) is 17.4. The number of ether oxygens (including phenoxy) is 1. The molecule has 0 spiro atoms. The van der Waals surface area contributed by atoms with E-state index in [1.165, 1.54) is 18.2 Å². The molecule has 2 amide bonds. The van der Waals surface area contributed by atoms with Gasteiger partial charge in [0.25, 0.3) is 5.69 Å². The third-order valence-electron chi connectivity index (χ3n) is 6.84. The highest BCUT2D eigenvalue weighted by atomic mass is 16.6. The molecular formula is C22H24N2O7. The lowest BCUT2D eigenvalue weighted by Gasteiger charge is -2.28. The Morgan fingerprint density at radius 2 is 1.77 bits per heavy atom. The fourth-order valence-corrected chi connectivity index (χ4v) is 5.48. The first kappa shape index (κ1) is 21.1. The number of likely N-dealkylation sites (tertiary alicyclic amines) is 1. The van der Waals surface area contributed by atoms with Crippen molar-refractivity contribution in [2.75, 3.05) is 6.61 Å². The smallest absolute Gasteiger partial charge is 0.330 e. The number of Topliss-reactive ketones (excluding diaryl/α,β-unsaturated/α-hetero) is 1. The van der Waals surface area contributed by atoms with E-state index in [1.54, 1.807) is 13.8 Å². The molecule has 9 nitrogen and oxygen atoms in total. The number of carbonyl (C=O) groups is 4. The summed E-state index contributed by atoms with van der Waals surface area (Å²) in [6.45, 7) is 2.81. The van der Waals surface area contributed by atoms with Crippen molar-refractivity contribution in [3.63, 3.8) is 0 Å². The van der Waals surface area contributed by atoms with Crippen molar-refractivity contribution in [1.82, 2.24) is 4.90 Å². The van der Waals surface area contributed by atoms with Gasteiger partial charge in [-0.2, -0.15) is 0 Å². The Morgan fingerprint density at radius 1 is 1.16 bits per heavy atom. The molecule has 1 unspecified atom stereocenters. The number of benzene rings is 1. The van der Waals surface area contributed by atoms with Crippen LogP contribution in [0.2, 0.25) is 0 Å². The van der Waals surface area contributed by atoms with Crippen LogP contribution in [-0.2, 0) is 19.1 Å². The lowest BCUT2D eigenvalue weighted by molar-refractivity contribution is -0.384. The maximum Gasteiger partial charge on any atom is 0.330 e. The van der Waals surface area contributed by atoms with Crippen LogP contribution in [0, 0.1) is 39.7 Å². The molecule has 1 saturated heterocycles. The van der Waals surface area contributed by atoms with Crippen LogP contribution in [0.4, 0.5) is 5.69 Å². The maximum atomic E-state index is 13.1. The van der Waals surface area contributed by atoms with Gasteiger partial charge < -0.3 is 4.74 Å². The second kappa shape index (κ2) is 7.86. The fourth-order valence-electron chi connectivity index (χ4n) is 5.48. The first-order valence-electron chi connectivity index (χ1n) is 10.5. The second-order valence-electron chi connectivity index (χ2n) is 8.96. The lowest BCUT2D eigenvalue weighted by Crippen LogP contribution is -2.50. The Morgan fingerprint density at radius 3 is 2.32 bits per heavy atom. The van der Waals surface area contributed by atoms with Gasteiger partial charge in [-0.15, -0.1) is 0 Å². The van der Waals surface area contributed by atoms with Gasteiger partial charge in [-0.1, -0.05) is 26.0 Å². The number of nitro groups is 1. The van der Waals surface area contributed by atoms with Crippen molar-refractivity contribution in [3.05, 3.63) is 39.9 Å². The molecule has 2 bridgehead atoms. The van der Waals surface area contributed by atoms with Gasteiger partial charge in [0.05, 0.1) is 16.8 Å². The molecule has 0 N–H and O–H groups in total. The number of imide groups is 1. The Labute approximate surface area is 178 Å². The Balaban J connectivity index is 1.47. The molecule has 1 heterocycles. The summed E-state index contributed by atoms with van der Waals surface area (Å²) in [5.74, 6) is -2.68. The fraction of sp³-hybridized carbons (Fsp3) is 0.545. The molecule has 5 atom stereocenters. The summed E-state index contributed by atoms with van der Waals surface area (Å²) in [4.78, 5) is 62.7. The van der Waals surface area contributed by atoms with Crippen molar-refractivity contribution in [2.24, 2.45) is 29.6 Å². The monoisotopic (exact) mass is 428 g/mol. The van der Waals surface area contributed by atoms with E-state index in [9.17, 15) is 29.3 Å². The SMILES string of the molecule is CC(C)C(C(=O)OCC(=O)c1cccc([N+](=O)[O-])c1)N1C(=O)[C@@H]2[C@H]3CC[C@H](C3)[C@@H]2C1=O. The molecular weight excluding hydrogens is 404 g/mol. The van der Waals surface area contributed by atoms with Gasteiger partial charge in [0.1, 0.15) is 6.04 Å². The summed E-state index contributed by atoms with van der Waals surface area (Å²) < 4.78 is 5.18. The number of ketones is 1. The van der Waals surface area contributed by atoms with E-state index in [2.05, 4.69) is 0 Å². The molecule has 0 radical (unpaired) electrons. The van der Waals surface area contributed by atoms with Crippen molar-refractivity contribution < 1.29 is 28.8 Å². The molecule has 4 rings (SSSR count). The summed E-state index contributed by atoms with van der Waals surface area (Å²) in [6.07, 6.45) is 2.77. The molecule has 3 aliphatic rings. The van der Waals surface area contributed by atoms with Crippen LogP contribution in [0.1, 0.15) is 43.5 Å². The van der Waals surface area contributed by atoms with Crippen molar-refractivity contribution in [1.29, 1.82) is 0 Å². The third kappa shape index (κ3) is 3.51. The predicted molar refractivity (Wildman–Crippen MR) is 107 cm³/mol. The van der Waals surface area contributed by atoms with E-state index in [0.29, 0.717) is 0 Å². The Hall–Kier alpha value is -3.10. The highest BCUT2D eigenvalue weighted by Crippen LogP contribution is 2.56. The maximum absolute atomic E-state index is 13.1. The number of rotatable bonds is 7. The van der Waals surface area contributed by atoms with Crippen LogP contribution in [0.15, 0.2) is 24.3 Å². The summed E-state index contributed by atoms with van der Waals surface area (Å²) in [5.41, 5.74) is -0.200. The van der Waals surface area contributed by atoms with Crippen LogP contribution in [0.25, 0.3) is 0 Å². The van der Waals surface area contributed by atoms with E-state index >= 15 is 0 Å². The summed E-state index contributed by atoms with van der Waals surface area (Å²) in [7, 11) is 0. The zero-order chi connectivity index (χ0) is 22.4. The number of hydrogen-bond donors (Lipinski definition) is 0. The van der Waals surface area contributed by atoms with Gasteiger partial charge in [-0.25, -0.2) is 4.79 Å². The van der Waals surface area contributed by atoms with Gasteiger partial charge in [0.2, 0.25) is 17.6 Å². The molecule has 1 aromatic rings. The standard InChI is InChI=1S/C22H24N2O7/c1-11(2)19(23-20(26)17-13-6-7-14(8-13)18(17)21(23)27)22(28)31-10-16(25)12-4-3-5-15(9-12)24(29)30/h3-5,9,11,13-14,17-19H,6-8,10H2,1-2H3/t13-,14+,17+,18-,19?. The zero-order valence-electron chi connectivity index (χ0n) is 17.4. The minimum Gasteiger partial charge on any atom is -0.456 e. The Kier molecular flexibility index (Phi) is 5.36. The number of fused-ring (bicyclic) bond motifs is 5. The molecule has 9 heteroatoms. The normalized spacial score (nSPS) is 27.5. The molecule has 2 saturated carbocycles. The molecule has 164 valence electrons. The molecule has 0 aromatic heterocycles. The number of amides is 2. The molecule has 3 fully saturated rings. The summed E-state index contributed by atoms with van der Waals surface area (Å²) >= 11 is 0. The van der Waals surface area contributed by atoms with Gasteiger partial charge >= 0.3 is 5.97 Å². The lowest BCUT2D eigenvalue weighted by atomic mass is 9.81. The largest absolute Gasteiger partial charge is 0.456 e. The predicted octanol–water partition coefficient (Wildman–Crippen LogP) is 2.38. The minimum atomic E-state index is -1.09. The van der Waals surface area contributed by atoms with Crippen LogP contribution >= 0.6 is 0 Å². The van der Waals surface area contributed by atoms with Crippen molar-refractivity contribution >= 4 is 29.3 Å². The number of nitrogens with zero attached hydrogens (tertiary/aromatic N) is 2. The quantitative estimate of drug-likeness (QED) is 0.215. The topological polar surface area (TPSA) is 124 Å². The van der Waals surface area contributed by atoms with E-state index in [1.807, 2.05) is 0 Å². The van der Waals surface area contributed by atoms with Crippen LogP contribution in [-0.4, -0.2) is 46.0 Å². The first-order valence-corrected chi connectivity index (χ1v) is 10.5. The van der Waals surface area contributed by atoms with E-state index < -0.39 is 29.3 Å². The number of hydrogen-bond acceptors (Lipinski definition) is 7. The summed E-state index contributed by atoms with van der Waals surface area (Å²) in [5, 5.41) is 10.9. The second-order valence-corrected chi connectivity index (χ2v) is 8.96. The molecule has 31 heavy (non-hydrogen) atoms. The number of non-ortho nitro benzene ring substituents is 1. The van der Waals surface area contributed by atoms with E-state index in [0.717, 1.165) is 30.2 Å². The summed E-state index contributed by atoms with van der Waals surface area (Å²) in [6, 6.07) is 4.04. The number of nitro benzene ring substituents is 1. The van der Waals surface area contributed by atoms with Crippen molar-refractivity contribution in [2.45, 2.75) is 39.2 Å². The third-order valence-corrected chi connectivity index (χ3v) is 6.84. The van der Waals surface area contributed by atoms with Gasteiger partial charge in [-0.3, -0.25) is 29.4 Å². The van der Waals surface area contributed by atoms with Gasteiger partial charge in [0.15, 0.2) is 6.61 Å². The molecule has 1 aliphatic heterocycles. The number of esters is 1. The van der Waals surface area contributed by atoms with Crippen LogP contribution in [0.5, 0.6) is 0 Å². The average Bonchev–Trinajstić information content (AvgIpc) is 3.42. The van der Waals surface area contributed by atoms with Crippen LogP contribution in [0.3, 0.4) is 0 Å².